The fourth-order valence-electron chi connectivity index (χ4n) is 1.97. The first-order valence-corrected chi connectivity index (χ1v) is 8.17. The molecule has 1 aromatic heterocycles. The summed E-state index contributed by atoms with van der Waals surface area (Å²) in [6, 6.07) is 7.94. The summed E-state index contributed by atoms with van der Waals surface area (Å²) in [4.78, 5) is 5.58. The van der Waals surface area contributed by atoms with Crippen molar-refractivity contribution in [2.24, 2.45) is 21.7 Å². The maximum atomic E-state index is 5.67. The maximum Gasteiger partial charge on any atom is 0.211 e. The average Bonchev–Trinajstić information content (AvgIpc) is 2.93. The summed E-state index contributed by atoms with van der Waals surface area (Å²) >= 11 is 1.56. The highest BCUT2D eigenvalue weighted by Crippen LogP contribution is 2.30. The molecule has 0 radical (unpaired) electrons. The third-order valence-electron chi connectivity index (χ3n) is 2.99. The zero-order valence-electron chi connectivity index (χ0n) is 13.5. The number of nitrogens with zero attached hydrogens (tertiary/aromatic N) is 3. The Balaban J connectivity index is 2.30. The number of aryl methyl sites for hydroxylation is 1. The summed E-state index contributed by atoms with van der Waals surface area (Å²) < 4.78 is 5.67. The minimum Gasteiger partial charge on any atom is -0.494 e. The van der Waals surface area contributed by atoms with Gasteiger partial charge in [-0.15, -0.1) is 16.4 Å². The van der Waals surface area contributed by atoms with Crippen molar-refractivity contribution >= 4 is 23.0 Å². The fourth-order valence-corrected chi connectivity index (χ4v) is 2.98. The molecule has 122 valence electrons. The van der Waals surface area contributed by atoms with E-state index < -0.39 is 0 Å². The summed E-state index contributed by atoms with van der Waals surface area (Å²) in [6.07, 6.45) is 0.977. The lowest BCUT2D eigenvalue weighted by molar-refractivity contribution is 0.317. The summed E-state index contributed by atoms with van der Waals surface area (Å²) in [5, 5.41) is 8.63. The van der Waals surface area contributed by atoms with E-state index in [0.717, 1.165) is 39.0 Å². The van der Waals surface area contributed by atoms with Crippen LogP contribution in [0.2, 0.25) is 0 Å². The molecule has 0 aliphatic carbocycles. The molecule has 0 saturated carbocycles. The van der Waals surface area contributed by atoms with Gasteiger partial charge in [0.2, 0.25) is 5.96 Å². The van der Waals surface area contributed by atoms with E-state index in [1.165, 1.54) is 0 Å². The van der Waals surface area contributed by atoms with Crippen LogP contribution < -0.4 is 16.2 Å². The second-order valence-electron chi connectivity index (χ2n) is 5.02. The highest BCUT2D eigenvalue weighted by atomic mass is 32.1. The smallest absolute Gasteiger partial charge is 0.211 e. The Hall–Kier alpha value is -2.41. The molecule has 2 aromatic rings. The molecule has 6 nitrogen and oxygen atoms in total. The van der Waals surface area contributed by atoms with Gasteiger partial charge in [0, 0.05) is 5.56 Å². The maximum absolute atomic E-state index is 5.67. The lowest BCUT2D eigenvalue weighted by Gasteiger charge is -2.05. The van der Waals surface area contributed by atoms with Crippen molar-refractivity contribution in [1.82, 2.24) is 4.98 Å². The number of nitrogens with two attached hydrogens (primary N) is 2. The van der Waals surface area contributed by atoms with Gasteiger partial charge in [0.1, 0.15) is 10.8 Å². The summed E-state index contributed by atoms with van der Waals surface area (Å²) in [6.45, 7) is 6.59. The third kappa shape index (κ3) is 4.53. The van der Waals surface area contributed by atoms with Crippen molar-refractivity contribution in [3.63, 3.8) is 0 Å². The molecule has 4 N–H and O–H groups in total. The van der Waals surface area contributed by atoms with Crippen LogP contribution in [0, 0.1) is 6.92 Å². The van der Waals surface area contributed by atoms with Crippen molar-refractivity contribution < 1.29 is 4.74 Å². The van der Waals surface area contributed by atoms with Gasteiger partial charge in [-0.25, -0.2) is 4.98 Å². The number of thiazole rings is 1. The molecule has 7 heteroatoms. The summed E-state index contributed by atoms with van der Waals surface area (Å²) in [5.74, 6) is 0.789. The number of hydrogen-bond acceptors (Lipinski definition) is 5. The molecule has 0 aliphatic rings. The second kappa shape index (κ2) is 7.73. The standard InChI is InChI=1S/C16H21N5OS/c1-4-8-22-13-7-5-6-12(9-13)15-19-10(2)14(23-15)11(3)20-21-16(17)18/h5-7,9H,4,8H2,1-3H3,(H4,17,18,21). The zero-order valence-corrected chi connectivity index (χ0v) is 14.4. The van der Waals surface area contributed by atoms with E-state index in [1.807, 2.05) is 38.1 Å². The molecule has 0 atom stereocenters. The Morgan fingerprint density at radius 1 is 1.30 bits per heavy atom. The SMILES string of the molecule is CCCOc1cccc(-c2nc(C)c(C(C)=NN=C(N)N)s2)c1. The van der Waals surface area contributed by atoms with Crippen LogP contribution >= 0.6 is 11.3 Å². The van der Waals surface area contributed by atoms with Crippen LogP contribution in [0.1, 0.15) is 30.8 Å². The van der Waals surface area contributed by atoms with Crippen LogP contribution in [0.4, 0.5) is 0 Å². The van der Waals surface area contributed by atoms with E-state index in [1.54, 1.807) is 11.3 Å². The molecule has 0 saturated heterocycles. The van der Waals surface area contributed by atoms with Gasteiger partial charge in [-0.1, -0.05) is 19.1 Å². The van der Waals surface area contributed by atoms with Crippen molar-refractivity contribution in [2.45, 2.75) is 27.2 Å². The molecule has 1 heterocycles. The number of benzene rings is 1. The Morgan fingerprint density at radius 2 is 2.09 bits per heavy atom. The van der Waals surface area contributed by atoms with Gasteiger partial charge in [0.25, 0.3) is 0 Å². The van der Waals surface area contributed by atoms with Crippen molar-refractivity contribution in [3.8, 4) is 16.3 Å². The predicted octanol–water partition coefficient (Wildman–Crippen LogP) is 2.90. The van der Waals surface area contributed by atoms with Crippen LogP contribution in [0.25, 0.3) is 10.6 Å². The number of guanidine groups is 1. The quantitative estimate of drug-likeness (QED) is 0.483. The summed E-state index contributed by atoms with van der Waals surface area (Å²) in [5.41, 5.74) is 13.3. The van der Waals surface area contributed by atoms with E-state index >= 15 is 0 Å². The Morgan fingerprint density at radius 3 is 2.78 bits per heavy atom. The van der Waals surface area contributed by atoms with Gasteiger partial charge >= 0.3 is 0 Å². The van der Waals surface area contributed by atoms with Crippen LogP contribution in [-0.4, -0.2) is 23.3 Å². The number of hydrogen-bond donors (Lipinski definition) is 2. The molecule has 0 amide bonds. The predicted molar refractivity (Wildman–Crippen MR) is 96.1 cm³/mol. The number of aromatic nitrogens is 1. The molecule has 23 heavy (non-hydrogen) atoms. The van der Waals surface area contributed by atoms with Gasteiger partial charge in [0.05, 0.1) is 22.9 Å². The second-order valence-corrected chi connectivity index (χ2v) is 6.02. The van der Waals surface area contributed by atoms with Gasteiger partial charge in [-0.05, 0) is 32.4 Å². The van der Waals surface area contributed by atoms with Crippen molar-refractivity contribution in [3.05, 3.63) is 34.8 Å². The van der Waals surface area contributed by atoms with Crippen LogP contribution in [0.3, 0.4) is 0 Å². The zero-order chi connectivity index (χ0) is 16.8. The number of ether oxygens (including phenoxy) is 1. The Bertz CT molecular complexity index is 732. The Kier molecular flexibility index (Phi) is 5.70. The monoisotopic (exact) mass is 331 g/mol. The molecule has 0 spiro atoms. The third-order valence-corrected chi connectivity index (χ3v) is 4.31. The van der Waals surface area contributed by atoms with Crippen LogP contribution in [-0.2, 0) is 0 Å². The van der Waals surface area contributed by atoms with E-state index in [0.29, 0.717) is 6.61 Å². The first kappa shape index (κ1) is 17.0. The van der Waals surface area contributed by atoms with E-state index in [9.17, 15) is 0 Å². The van der Waals surface area contributed by atoms with Gasteiger partial charge in [-0.2, -0.15) is 5.10 Å². The van der Waals surface area contributed by atoms with Gasteiger partial charge in [-0.3, -0.25) is 0 Å². The first-order valence-electron chi connectivity index (χ1n) is 7.35. The molecule has 2 rings (SSSR count). The molecular weight excluding hydrogens is 310 g/mol. The molecular formula is C16H21N5OS. The first-order chi connectivity index (χ1) is 11.0. The Labute approximate surface area is 139 Å². The van der Waals surface area contributed by atoms with Crippen LogP contribution in [0.15, 0.2) is 34.5 Å². The average molecular weight is 331 g/mol. The normalized spacial score (nSPS) is 11.3. The largest absolute Gasteiger partial charge is 0.494 e. The summed E-state index contributed by atoms with van der Waals surface area (Å²) in [7, 11) is 0. The van der Waals surface area contributed by atoms with Gasteiger partial charge in [0.15, 0.2) is 0 Å². The fraction of sp³-hybridized carbons (Fsp3) is 0.312. The lowest BCUT2D eigenvalue weighted by Crippen LogP contribution is -2.22. The van der Waals surface area contributed by atoms with Crippen LogP contribution in [0.5, 0.6) is 5.75 Å². The number of rotatable bonds is 6. The van der Waals surface area contributed by atoms with E-state index in [-0.39, 0.29) is 5.96 Å². The molecule has 1 aromatic carbocycles. The minimum absolute atomic E-state index is 0.0625. The topological polar surface area (TPSA) is 98.9 Å². The van der Waals surface area contributed by atoms with E-state index in [2.05, 4.69) is 22.1 Å². The van der Waals surface area contributed by atoms with Gasteiger partial charge < -0.3 is 16.2 Å². The van der Waals surface area contributed by atoms with Crippen molar-refractivity contribution in [1.29, 1.82) is 0 Å². The minimum atomic E-state index is -0.0625. The lowest BCUT2D eigenvalue weighted by atomic mass is 10.2. The molecule has 0 fully saturated rings. The molecule has 0 bridgehead atoms. The van der Waals surface area contributed by atoms with E-state index in [4.69, 9.17) is 16.2 Å². The highest BCUT2D eigenvalue weighted by Gasteiger charge is 2.12. The highest BCUT2D eigenvalue weighted by molar-refractivity contribution is 7.17. The molecule has 0 aliphatic heterocycles. The van der Waals surface area contributed by atoms with Crippen molar-refractivity contribution in [2.75, 3.05) is 6.61 Å². The molecule has 0 unspecified atom stereocenters.